The van der Waals surface area contributed by atoms with E-state index in [0.717, 1.165) is 6.42 Å². The van der Waals surface area contributed by atoms with Crippen molar-refractivity contribution in [3.05, 3.63) is 46.6 Å². The molecule has 1 aromatic carbocycles. The summed E-state index contributed by atoms with van der Waals surface area (Å²) in [5.41, 5.74) is 2.87. The third-order valence-electron chi connectivity index (χ3n) is 3.09. The van der Waals surface area contributed by atoms with E-state index in [1.54, 1.807) is 5.19 Å². The Kier molecular flexibility index (Phi) is 2.73. The molecule has 0 aliphatic carbocycles. The van der Waals surface area contributed by atoms with Crippen LogP contribution in [-0.2, 0) is 0 Å². The molecule has 0 unspecified atom stereocenters. The highest BCUT2D eigenvalue weighted by Gasteiger charge is 2.37. The lowest BCUT2D eigenvalue weighted by molar-refractivity contribution is 1.42. The van der Waals surface area contributed by atoms with Gasteiger partial charge < -0.3 is 0 Å². The average Bonchev–Trinajstić information content (AvgIpc) is 2.42. The van der Waals surface area contributed by atoms with E-state index in [4.69, 9.17) is 0 Å². The molecule has 0 amide bonds. The van der Waals surface area contributed by atoms with Gasteiger partial charge in [-0.2, -0.15) is 0 Å². The molecular weight excluding hydrogens is 264 g/mol. The smallest absolute Gasteiger partial charge is 0.103 e. The van der Waals surface area contributed by atoms with Gasteiger partial charge in [0.25, 0.3) is 0 Å². The summed E-state index contributed by atoms with van der Waals surface area (Å²) in [6.07, 6.45) is 2.96. The Morgan fingerprint density at radius 2 is 2.00 bits per heavy atom. The minimum atomic E-state index is -1.42. The van der Waals surface area contributed by atoms with Crippen molar-refractivity contribution in [1.29, 1.82) is 0 Å². The lowest BCUT2D eigenvalue weighted by atomic mass is 10.1. The van der Waals surface area contributed by atoms with Crippen LogP contribution in [0.25, 0.3) is 5.57 Å². The summed E-state index contributed by atoms with van der Waals surface area (Å²) >= 11 is 3.80. The van der Waals surface area contributed by atoms with Crippen molar-refractivity contribution >= 4 is 34.8 Å². The standard InChI is InChI=1S/C13H15BrSi/c1-4-7-11-10-8-5-6-9-12(10)15(2,3)13(11)14/h4-6,8-9H,1,7H2,2-3H3. The van der Waals surface area contributed by atoms with E-state index in [1.165, 1.54) is 15.2 Å². The molecule has 0 N–H and O–H groups in total. The van der Waals surface area contributed by atoms with Gasteiger partial charge in [-0.25, -0.2) is 0 Å². The van der Waals surface area contributed by atoms with E-state index in [0.29, 0.717) is 0 Å². The second kappa shape index (κ2) is 3.76. The summed E-state index contributed by atoms with van der Waals surface area (Å²) < 4.78 is 1.44. The molecule has 0 radical (unpaired) electrons. The zero-order chi connectivity index (χ0) is 11.1. The van der Waals surface area contributed by atoms with Gasteiger partial charge in [0.2, 0.25) is 0 Å². The number of halogens is 1. The second-order valence-electron chi connectivity index (χ2n) is 4.46. The van der Waals surface area contributed by atoms with E-state index >= 15 is 0 Å². The molecule has 0 saturated heterocycles. The number of hydrogen-bond donors (Lipinski definition) is 0. The predicted molar refractivity (Wildman–Crippen MR) is 74.2 cm³/mol. The molecule has 1 aliphatic heterocycles. The van der Waals surface area contributed by atoms with Crippen LogP contribution >= 0.6 is 15.9 Å². The monoisotopic (exact) mass is 278 g/mol. The fraction of sp³-hybridized carbons (Fsp3) is 0.231. The molecule has 0 bridgehead atoms. The van der Waals surface area contributed by atoms with Crippen LogP contribution in [-0.4, -0.2) is 8.07 Å². The number of hydrogen-bond acceptors (Lipinski definition) is 0. The highest BCUT2D eigenvalue weighted by atomic mass is 79.9. The number of fused-ring (bicyclic) bond motifs is 1. The van der Waals surface area contributed by atoms with Crippen molar-refractivity contribution in [2.24, 2.45) is 0 Å². The number of benzene rings is 1. The van der Waals surface area contributed by atoms with Crippen molar-refractivity contribution in [3.63, 3.8) is 0 Å². The Bertz CT molecular complexity index is 444. The molecule has 0 aromatic heterocycles. The lowest BCUT2D eigenvalue weighted by Gasteiger charge is -2.17. The molecule has 2 rings (SSSR count). The van der Waals surface area contributed by atoms with E-state index in [-0.39, 0.29) is 0 Å². The Morgan fingerprint density at radius 3 is 2.67 bits per heavy atom. The maximum absolute atomic E-state index is 3.84. The fourth-order valence-electron chi connectivity index (χ4n) is 2.25. The first-order chi connectivity index (χ1) is 7.09. The molecule has 78 valence electrons. The summed E-state index contributed by atoms with van der Waals surface area (Å²) in [6.45, 7) is 8.63. The molecule has 0 nitrogen and oxygen atoms in total. The Labute approximate surface area is 101 Å². The first-order valence-electron chi connectivity index (χ1n) is 5.19. The van der Waals surface area contributed by atoms with Crippen LogP contribution < -0.4 is 5.19 Å². The topological polar surface area (TPSA) is 0 Å². The van der Waals surface area contributed by atoms with Crippen molar-refractivity contribution in [2.45, 2.75) is 19.5 Å². The van der Waals surface area contributed by atoms with Crippen LogP contribution in [0.2, 0.25) is 13.1 Å². The largest absolute Gasteiger partial charge is 0.122 e. The summed E-state index contributed by atoms with van der Waals surface area (Å²) in [7, 11) is -1.42. The maximum atomic E-state index is 3.84. The molecule has 0 saturated carbocycles. The predicted octanol–water partition coefficient (Wildman–Crippen LogP) is 3.84. The van der Waals surface area contributed by atoms with Crippen molar-refractivity contribution in [1.82, 2.24) is 0 Å². The van der Waals surface area contributed by atoms with Crippen LogP contribution in [0.3, 0.4) is 0 Å². The van der Waals surface area contributed by atoms with Gasteiger partial charge >= 0.3 is 0 Å². The first kappa shape index (κ1) is 10.9. The van der Waals surface area contributed by atoms with Gasteiger partial charge in [0.05, 0.1) is 0 Å². The Balaban J connectivity index is 2.64. The molecule has 2 heteroatoms. The molecular formula is C13H15BrSi. The van der Waals surface area contributed by atoms with Gasteiger partial charge in [0.15, 0.2) is 0 Å². The quantitative estimate of drug-likeness (QED) is 0.570. The van der Waals surface area contributed by atoms with Gasteiger partial charge in [-0.1, -0.05) is 59.4 Å². The van der Waals surface area contributed by atoms with Crippen LogP contribution in [0.15, 0.2) is 41.0 Å². The molecule has 1 aliphatic rings. The van der Waals surface area contributed by atoms with Gasteiger partial charge in [0.1, 0.15) is 8.07 Å². The summed E-state index contributed by atoms with van der Waals surface area (Å²) in [4.78, 5) is 0. The van der Waals surface area contributed by atoms with E-state index < -0.39 is 8.07 Å². The molecule has 1 aromatic rings. The van der Waals surface area contributed by atoms with Gasteiger partial charge in [-0.3, -0.25) is 0 Å². The van der Waals surface area contributed by atoms with Crippen molar-refractivity contribution in [3.8, 4) is 0 Å². The fourth-order valence-corrected chi connectivity index (χ4v) is 5.91. The molecule has 0 fully saturated rings. The highest BCUT2D eigenvalue weighted by Crippen LogP contribution is 2.38. The summed E-state index contributed by atoms with van der Waals surface area (Å²) in [5, 5.41) is 1.55. The normalized spacial score (nSPS) is 17.8. The Morgan fingerprint density at radius 1 is 1.33 bits per heavy atom. The van der Waals surface area contributed by atoms with E-state index in [2.05, 4.69) is 59.9 Å². The number of rotatable bonds is 2. The zero-order valence-corrected chi connectivity index (χ0v) is 11.8. The van der Waals surface area contributed by atoms with Crippen molar-refractivity contribution < 1.29 is 0 Å². The lowest BCUT2D eigenvalue weighted by Crippen LogP contribution is -2.39. The molecule has 0 spiro atoms. The Hall–Kier alpha value is -0.603. The molecule has 1 heterocycles. The number of allylic oxidation sites excluding steroid dienone is 2. The van der Waals surface area contributed by atoms with Crippen LogP contribution in [0, 0.1) is 0 Å². The summed E-state index contributed by atoms with van der Waals surface area (Å²) in [5.74, 6) is 0. The third kappa shape index (κ3) is 1.56. The minimum Gasteiger partial charge on any atom is -0.103 e. The highest BCUT2D eigenvalue weighted by molar-refractivity contribution is 9.12. The van der Waals surface area contributed by atoms with Crippen molar-refractivity contribution in [2.75, 3.05) is 0 Å². The van der Waals surface area contributed by atoms with Gasteiger partial charge in [0, 0.05) is 0 Å². The minimum absolute atomic E-state index is 0.966. The van der Waals surface area contributed by atoms with E-state index in [1.807, 2.05) is 6.08 Å². The third-order valence-corrected chi connectivity index (χ3v) is 9.72. The van der Waals surface area contributed by atoms with Crippen LogP contribution in [0.4, 0.5) is 0 Å². The first-order valence-corrected chi connectivity index (χ1v) is 8.98. The maximum Gasteiger partial charge on any atom is 0.122 e. The average molecular weight is 279 g/mol. The molecule has 15 heavy (non-hydrogen) atoms. The second-order valence-corrected chi connectivity index (χ2v) is 10.3. The van der Waals surface area contributed by atoms with Crippen LogP contribution in [0.1, 0.15) is 12.0 Å². The summed E-state index contributed by atoms with van der Waals surface area (Å²) in [6, 6.07) is 8.78. The van der Waals surface area contributed by atoms with Gasteiger partial charge in [-0.15, -0.1) is 6.58 Å². The zero-order valence-electron chi connectivity index (χ0n) is 9.18. The molecule has 0 atom stereocenters. The van der Waals surface area contributed by atoms with E-state index in [9.17, 15) is 0 Å². The SMILES string of the molecule is C=CCC1=C(Br)[Si](C)(C)c2ccccc21. The van der Waals surface area contributed by atoms with Crippen LogP contribution in [0.5, 0.6) is 0 Å². The van der Waals surface area contributed by atoms with Gasteiger partial charge in [-0.05, 0) is 26.8 Å².